The van der Waals surface area contributed by atoms with Gasteiger partial charge in [-0.15, -0.1) is 0 Å². The quantitative estimate of drug-likeness (QED) is 0.664. The second-order valence-electron chi connectivity index (χ2n) is 2.58. The van der Waals surface area contributed by atoms with Gasteiger partial charge in [-0.25, -0.2) is 0 Å². The molecule has 0 atom stereocenters. The SMILES string of the molecule is COc1cc(Br)c([N+](=O)[O-])cc1CN. The highest BCUT2D eigenvalue weighted by molar-refractivity contribution is 9.10. The van der Waals surface area contributed by atoms with Gasteiger partial charge < -0.3 is 10.5 Å². The molecule has 0 bridgehead atoms. The molecule has 2 N–H and O–H groups in total. The Morgan fingerprint density at radius 3 is 2.71 bits per heavy atom. The second-order valence-corrected chi connectivity index (χ2v) is 3.43. The molecular formula is C8H9BrN2O3. The molecule has 0 aliphatic rings. The normalized spacial score (nSPS) is 9.93. The number of hydrogen-bond acceptors (Lipinski definition) is 4. The Hall–Kier alpha value is -1.14. The molecule has 76 valence electrons. The first-order chi connectivity index (χ1) is 6.60. The first-order valence-electron chi connectivity index (χ1n) is 3.81. The predicted molar refractivity (Wildman–Crippen MR) is 55.2 cm³/mol. The lowest BCUT2D eigenvalue weighted by Crippen LogP contribution is -2.01. The molecule has 0 aliphatic carbocycles. The number of rotatable bonds is 3. The van der Waals surface area contributed by atoms with E-state index in [-0.39, 0.29) is 12.2 Å². The maximum Gasteiger partial charge on any atom is 0.284 e. The number of hydrogen-bond donors (Lipinski definition) is 1. The lowest BCUT2D eigenvalue weighted by molar-refractivity contribution is -0.385. The number of nitrogens with zero attached hydrogens (tertiary/aromatic N) is 1. The molecule has 0 unspecified atom stereocenters. The Kier molecular flexibility index (Phi) is 3.43. The molecule has 0 aromatic heterocycles. The molecule has 0 aliphatic heterocycles. The van der Waals surface area contributed by atoms with Gasteiger partial charge in [-0.3, -0.25) is 10.1 Å². The van der Waals surface area contributed by atoms with Crippen molar-refractivity contribution in [1.82, 2.24) is 0 Å². The maximum atomic E-state index is 10.6. The summed E-state index contributed by atoms with van der Waals surface area (Å²) < 4.78 is 5.40. The third-order valence-electron chi connectivity index (χ3n) is 1.77. The van der Waals surface area contributed by atoms with Crippen molar-refractivity contribution in [3.63, 3.8) is 0 Å². The standard InChI is InChI=1S/C8H9BrN2O3/c1-14-8-3-6(9)7(11(12)13)2-5(8)4-10/h2-3H,4,10H2,1H3. The molecule has 5 nitrogen and oxygen atoms in total. The van der Waals surface area contributed by atoms with Crippen molar-refractivity contribution in [2.75, 3.05) is 7.11 Å². The van der Waals surface area contributed by atoms with Crippen LogP contribution in [0, 0.1) is 10.1 Å². The molecule has 1 rings (SSSR count). The summed E-state index contributed by atoms with van der Waals surface area (Å²) >= 11 is 3.09. The fourth-order valence-corrected chi connectivity index (χ4v) is 1.54. The van der Waals surface area contributed by atoms with Crippen LogP contribution in [0.5, 0.6) is 5.75 Å². The zero-order valence-corrected chi connectivity index (χ0v) is 9.08. The van der Waals surface area contributed by atoms with E-state index in [1.165, 1.54) is 13.2 Å². The van der Waals surface area contributed by atoms with Gasteiger partial charge in [0.15, 0.2) is 0 Å². The van der Waals surface area contributed by atoms with Gasteiger partial charge in [0.2, 0.25) is 0 Å². The molecule has 0 saturated heterocycles. The Balaban J connectivity index is 3.30. The number of ether oxygens (including phenoxy) is 1. The Morgan fingerprint density at radius 1 is 1.64 bits per heavy atom. The summed E-state index contributed by atoms with van der Waals surface area (Å²) in [6.07, 6.45) is 0. The van der Waals surface area contributed by atoms with Gasteiger partial charge in [-0.2, -0.15) is 0 Å². The van der Waals surface area contributed by atoms with E-state index in [0.29, 0.717) is 15.8 Å². The molecule has 14 heavy (non-hydrogen) atoms. The molecular weight excluding hydrogens is 252 g/mol. The second kappa shape index (κ2) is 4.39. The van der Waals surface area contributed by atoms with Crippen LogP contribution in [0.4, 0.5) is 5.69 Å². The van der Waals surface area contributed by atoms with Gasteiger partial charge in [-0.1, -0.05) is 0 Å². The van der Waals surface area contributed by atoms with Crippen molar-refractivity contribution in [2.45, 2.75) is 6.54 Å². The van der Waals surface area contributed by atoms with Crippen LogP contribution in [0.1, 0.15) is 5.56 Å². The van der Waals surface area contributed by atoms with E-state index < -0.39 is 4.92 Å². The number of nitro benzene ring substituents is 1. The highest BCUT2D eigenvalue weighted by Crippen LogP contribution is 2.32. The third-order valence-corrected chi connectivity index (χ3v) is 2.40. The van der Waals surface area contributed by atoms with E-state index in [0.717, 1.165) is 0 Å². The minimum absolute atomic E-state index is 0.00810. The van der Waals surface area contributed by atoms with E-state index in [1.807, 2.05) is 0 Å². The lowest BCUT2D eigenvalue weighted by atomic mass is 10.2. The monoisotopic (exact) mass is 260 g/mol. The predicted octanol–water partition coefficient (Wildman–Crippen LogP) is 1.82. The molecule has 0 saturated carbocycles. The van der Waals surface area contributed by atoms with E-state index >= 15 is 0 Å². The van der Waals surface area contributed by atoms with Gasteiger partial charge in [0, 0.05) is 24.2 Å². The van der Waals surface area contributed by atoms with Crippen LogP contribution in [-0.4, -0.2) is 12.0 Å². The number of nitrogens with two attached hydrogens (primary N) is 1. The number of benzene rings is 1. The van der Waals surface area contributed by atoms with Gasteiger partial charge in [0.25, 0.3) is 5.69 Å². The number of methoxy groups -OCH3 is 1. The molecule has 0 fully saturated rings. The van der Waals surface area contributed by atoms with Crippen LogP contribution in [-0.2, 0) is 6.54 Å². The molecule has 0 heterocycles. The van der Waals surface area contributed by atoms with Crippen molar-refractivity contribution >= 4 is 21.6 Å². The first kappa shape index (κ1) is 10.9. The first-order valence-corrected chi connectivity index (χ1v) is 4.60. The Bertz CT molecular complexity index is 368. The maximum absolute atomic E-state index is 10.6. The minimum Gasteiger partial charge on any atom is -0.496 e. The van der Waals surface area contributed by atoms with Crippen LogP contribution in [0.25, 0.3) is 0 Å². The van der Waals surface area contributed by atoms with Crippen LogP contribution in [0.3, 0.4) is 0 Å². The zero-order valence-electron chi connectivity index (χ0n) is 7.49. The van der Waals surface area contributed by atoms with E-state index in [9.17, 15) is 10.1 Å². The highest BCUT2D eigenvalue weighted by atomic mass is 79.9. The molecule has 1 aromatic rings. The third kappa shape index (κ3) is 2.02. The van der Waals surface area contributed by atoms with Crippen LogP contribution < -0.4 is 10.5 Å². The van der Waals surface area contributed by atoms with Crippen LogP contribution >= 0.6 is 15.9 Å². The molecule has 6 heteroatoms. The highest BCUT2D eigenvalue weighted by Gasteiger charge is 2.15. The van der Waals surface area contributed by atoms with Crippen molar-refractivity contribution in [3.8, 4) is 5.75 Å². The summed E-state index contributed by atoms with van der Waals surface area (Å²) in [5, 5.41) is 10.6. The van der Waals surface area contributed by atoms with Crippen LogP contribution in [0.15, 0.2) is 16.6 Å². The summed E-state index contributed by atoms with van der Waals surface area (Å²) in [5.74, 6) is 0.546. The summed E-state index contributed by atoms with van der Waals surface area (Å²) in [6, 6.07) is 2.95. The number of nitro groups is 1. The van der Waals surface area contributed by atoms with E-state index in [1.54, 1.807) is 6.07 Å². The van der Waals surface area contributed by atoms with Crippen molar-refractivity contribution < 1.29 is 9.66 Å². The van der Waals surface area contributed by atoms with Crippen molar-refractivity contribution in [1.29, 1.82) is 0 Å². The zero-order chi connectivity index (χ0) is 10.7. The largest absolute Gasteiger partial charge is 0.496 e. The fraction of sp³-hybridized carbons (Fsp3) is 0.250. The fourth-order valence-electron chi connectivity index (χ4n) is 1.08. The molecule has 0 radical (unpaired) electrons. The summed E-state index contributed by atoms with van der Waals surface area (Å²) in [4.78, 5) is 10.1. The topological polar surface area (TPSA) is 78.4 Å². The molecule has 0 spiro atoms. The minimum atomic E-state index is -0.470. The van der Waals surface area contributed by atoms with Crippen molar-refractivity contribution in [2.24, 2.45) is 5.73 Å². The Labute approximate surface area is 89.1 Å². The van der Waals surface area contributed by atoms with Gasteiger partial charge >= 0.3 is 0 Å². The van der Waals surface area contributed by atoms with Gasteiger partial charge in [0.1, 0.15) is 5.75 Å². The number of halogens is 1. The molecule has 1 aromatic carbocycles. The van der Waals surface area contributed by atoms with Crippen LogP contribution in [0.2, 0.25) is 0 Å². The summed E-state index contributed by atoms with van der Waals surface area (Å²) in [5.41, 5.74) is 6.03. The van der Waals surface area contributed by atoms with Gasteiger partial charge in [0.05, 0.1) is 16.5 Å². The van der Waals surface area contributed by atoms with E-state index in [2.05, 4.69) is 15.9 Å². The van der Waals surface area contributed by atoms with E-state index in [4.69, 9.17) is 10.5 Å². The van der Waals surface area contributed by atoms with Gasteiger partial charge in [-0.05, 0) is 15.9 Å². The average Bonchev–Trinajstić information content (AvgIpc) is 2.16. The lowest BCUT2D eigenvalue weighted by Gasteiger charge is -2.06. The van der Waals surface area contributed by atoms with Crippen molar-refractivity contribution in [3.05, 3.63) is 32.3 Å². The molecule has 0 amide bonds. The Morgan fingerprint density at radius 2 is 2.29 bits per heavy atom. The summed E-state index contributed by atoms with van der Waals surface area (Å²) in [6.45, 7) is 0.206. The summed E-state index contributed by atoms with van der Waals surface area (Å²) in [7, 11) is 1.49. The average molecular weight is 261 g/mol. The smallest absolute Gasteiger partial charge is 0.284 e.